The van der Waals surface area contributed by atoms with Crippen LogP contribution in [0.4, 0.5) is 5.69 Å². The molecule has 166 valence electrons. The summed E-state index contributed by atoms with van der Waals surface area (Å²) in [5.41, 5.74) is 1.32. The lowest BCUT2D eigenvalue weighted by atomic mass is 10.0. The average molecular weight is 432 g/mol. The van der Waals surface area contributed by atoms with Gasteiger partial charge in [-0.05, 0) is 54.9 Å². The van der Waals surface area contributed by atoms with Crippen molar-refractivity contribution in [3.8, 4) is 5.75 Å². The van der Waals surface area contributed by atoms with E-state index in [0.717, 1.165) is 30.4 Å². The summed E-state index contributed by atoms with van der Waals surface area (Å²) in [4.78, 5) is 28.6. The highest BCUT2D eigenvalue weighted by Crippen LogP contribution is 2.28. The molecule has 0 unspecified atom stereocenters. The Balaban J connectivity index is 1.52. The third-order valence-electron chi connectivity index (χ3n) is 5.92. The van der Waals surface area contributed by atoms with Crippen molar-refractivity contribution in [2.24, 2.45) is 0 Å². The van der Waals surface area contributed by atoms with E-state index in [-0.39, 0.29) is 11.8 Å². The molecule has 2 amide bonds. The molecule has 0 atom stereocenters. The molecule has 1 aliphatic rings. The van der Waals surface area contributed by atoms with Gasteiger partial charge in [-0.15, -0.1) is 0 Å². The van der Waals surface area contributed by atoms with E-state index in [2.05, 4.69) is 15.5 Å². The Hall–Kier alpha value is -3.38. The number of amides is 2. The van der Waals surface area contributed by atoms with Crippen LogP contribution in [-0.4, -0.2) is 50.0 Å². The molecule has 4 rings (SSSR count). The summed E-state index contributed by atoms with van der Waals surface area (Å²) in [7, 11) is 1.52. The van der Waals surface area contributed by atoms with E-state index in [1.165, 1.54) is 26.4 Å². The first-order chi connectivity index (χ1) is 15.7. The Bertz CT molecular complexity index is 1100. The molecule has 1 fully saturated rings. The standard InChI is InChI=1S/C26H29N3O3/c1-32-23-14-8-13-22(24(23)26(31)27-15-18-29-16-5-2-6-17-29)28-25(30)21-12-7-10-19-9-3-4-11-20(19)21/h3-4,7-14H,2,5-6,15-18H2,1H3,(H,27,31)(H,28,30). The van der Waals surface area contributed by atoms with Gasteiger partial charge in [0.25, 0.3) is 11.8 Å². The van der Waals surface area contributed by atoms with Crippen molar-refractivity contribution in [3.63, 3.8) is 0 Å². The smallest absolute Gasteiger partial charge is 0.257 e. The summed E-state index contributed by atoms with van der Waals surface area (Å²) < 4.78 is 5.44. The zero-order valence-electron chi connectivity index (χ0n) is 18.4. The molecule has 6 heteroatoms. The zero-order valence-corrected chi connectivity index (χ0v) is 18.4. The number of hydrogen-bond acceptors (Lipinski definition) is 4. The Kier molecular flexibility index (Phi) is 7.02. The largest absolute Gasteiger partial charge is 0.496 e. The van der Waals surface area contributed by atoms with Crippen LogP contribution in [0.3, 0.4) is 0 Å². The molecule has 0 radical (unpaired) electrons. The molecule has 0 spiro atoms. The number of likely N-dealkylation sites (tertiary alicyclic amines) is 1. The fourth-order valence-corrected chi connectivity index (χ4v) is 4.25. The number of benzene rings is 3. The number of carbonyl (C=O) groups is 2. The highest BCUT2D eigenvalue weighted by atomic mass is 16.5. The highest BCUT2D eigenvalue weighted by Gasteiger charge is 2.20. The van der Waals surface area contributed by atoms with Crippen LogP contribution in [0.15, 0.2) is 60.7 Å². The van der Waals surface area contributed by atoms with Crippen molar-refractivity contribution in [1.29, 1.82) is 0 Å². The third-order valence-corrected chi connectivity index (χ3v) is 5.92. The van der Waals surface area contributed by atoms with Crippen LogP contribution in [0.1, 0.15) is 40.0 Å². The quantitative estimate of drug-likeness (QED) is 0.585. The van der Waals surface area contributed by atoms with E-state index in [9.17, 15) is 9.59 Å². The van der Waals surface area contributed by atoms with E-state index < -0.39 is 0 Å². The van der Waals surface area contributed by atoms with Gasteiger partial charge in [0.1, 0.15) is 11.3 Å². The first-order valence-corrected chi connectivity index (χ1v) is 11.1. The normalized spacial score (nSPS) is 14.2. The van der Waals surface area contributed by atoms with Crippen LogP contribution in [-0.2, 0) is 0 Å². The lowest BCUT2D eigenvalue weighted by Crippen LogP contribution is -2.38. The maximum atomic E-state index is 13.1. The molecule has 6 nitrogen and oxygen atoms in total. The topological polar surface area (TPSA) is 70.7 Å². The molecule has 0 aliphatic carbocycles. The minimum absolute atomic E-state index is 0.257. The van der Waals surface area contributed by atoms with Crippen molar-refractivity contribution in [1.82, 2.24) is 10.2 Å². The Labute approximate surface area is 188 Å². The highest BCUT2D eigenvalue weighted by molar-refractivity contribution is 6.15. The number of methoxy groups -OCH3 is 1. The van der Waals surface area contributed by atoms with Gasteiger partial charge in [-0.3, -0.25) is 9.59 Å². The molecule has 3 aromatic carbocycles. The van der Waals surface area contributed by atoms with Gasteiger partial charge in [0, 0.05) is 18.7 Å². The van der Waals surface area contributed by atoms with Crippen LogP contribution in [0, 0.1) is 0 Å². The molecular formula is C26H29N3O3. The van der Waals surface area contributed by atoms with E-state index >= 15 is 0 Å². The molecule has 1 saturated heterocycles. The van der Waals surface area contributed by atoms with Gasteiger partial charge in [-0.2, -0.15) is 0 Å². The number of ether oxygens (including phenoxy) is 1. The van der Waals surface area contributed by atoms with E-state index in [0.29, 0.717) is 29.1 Å². The van der Waals surface area contributed by atoms with Gasteiger partial charge in [-0.25, -0.2) is 0 Å². The van der Waals surface area contributed by atoms with Crippen LogP contribution in [0.2, 0.25) is 0 Å². The van der Waals surface area contributed by atoms with Crippen molar-refractivity contribution in [2.75, 3.05) is 38.6 Å². The van der Waals surface area contributed by atoms with Crippen LogP contribution < -0.4 is 15.4 Å². The number of nitrogens with one attached hydrogen (secondary N) is 2. The number of fused-ring (bicyclic) bond motifs is 1. The summed E-state index contributed by atoms with van der Waals surface area (Å²) in [5.74, 6) is -0.0960. The lowest BCUT2D eigenvalue weighted by Gasteiger charge is -2.26. The summed E-state index contributed by atoms with van der Waals surface area (Å²) >= 11 is 0. The average Bonchev–Trinajstić information content (AvgIpc) is 2.84. The molecular weight excluding hydrogens is 402 g/mol. The number of nitrogens with zero attached hydrogens (tertiary/aromatic N) is 1. The fourth-order valence-electron chi connectivity index (χ4n) is 4.25. The van der Waals surface area contributed by atoms with Crippen molar-refractivity contribution < 1.29 is 14.3 Å². The summed E-state index contributed by atoms with van der Waals surface area (Å²) in [6.45, 7) is 3.53. The second-order valence-corrected chi connectivity index (χ2v) is 8.02. The summed E-state index contributed by atoms with van der Waals surface area (Å²) in [5, 5.41) is 7.77. The van der Waals surface area contributed by atoms with Crippen LogP contribution >= 0.6 is 0 Å². The second kappa shape index (κ2) is 10.3. The van der Waals surface area contributed by atoms with Gasteiger partial charge >= 0.3 is 0 Å². The lowest BCUT2D eigenvalue weighted by molar-refractivity contribution is 0.0944. The van der Waals surface area contributed by atoms with Gasteiger partial charge in [0.05, 0.1) is 12.8 Å². The number of rotatable bonds is 7. The zero-order chi connectivity index (χ0) is 22.3. The number of anilines is 1. The predicted octanol–water partition coefficient (Wildman–Crippen LogP) is 4.32. The van der Waals surface area contributed by atoms with Crippen molar-refractivity contribution in [2.45, 2.75) is 19.3 Å². The molecule has 1 heterocycles. The van der Waals surface area contributed by atoms with E-state index in [1.54, 1.807) is 24.3 Å². The first-order valence-electron chi connectivity index (χ1n) is 11.1. The maximum Gasteiger partial charge on any atom is 0.257 e. The molecule has 32 heavy (non-hydrogen) atoms. The Morgan fingerprint density at radius 3 is 2.47 bits per heavy atom. The molecule has 2 N–H and O–H groups in total. The van der Waals surface area contributed by atoms with E-state index in [1.807, 2.05) is 36.4 Å². The Morgan fingerprint density at radius 2 is 1.66 bits per heavy atom. The SMILES string of the molecule is COc1cccc(NC(=O)c2cccc3ccccc23)c1C(=O)NCCN1CCCCC1. The third kappa shape index (κ3) is 4.92. The monoisotopic (exact) mass is 431 g/mol. The minimum atomic E-state index is -0.266. The van der Waals surface area contributed by atoms with Crippen LogP contribution in [0.5, 0.6) is 5.75 Å². The van der Waals surface area contributed by atoms with E-state index in [4.69, 9.17) is 4.74 Å². The van der Waals surface area contributed by atoms with Gasteiger partial charge in [0.2, 0.25) is 0 Å². The number of carbonyl (C=O) groups excluding carboxylic acids is 2. The van der Waals surface area contributed by atoms with Crippen molar-refractivity contribution >= 4 is 28.3 Å². The van der Waals surface area contributed by atoms with Crippen molar-refractivity contribution in [3.05, 3.63) is 71.8 Å². The second-order valence-electron chi connectivity index (χ2n) is 8.02. The molecule has 1 aliphatic heterocycles. The molecule has 3 aromatic rings. The maximum absolute atomic E-state index is 13.1. The Morgan fingerprint density at radius 1 is 0.906 bits per heavy atom. The molecule has 0 saturated carbocycles. The molecule has 0 bridgehead atoms. The predicted molar refractivity (Wildman–Crippen MR) is 128 cm³/mol. The summed E-state index contributed by atoms with van der Waals surface area (Å²) in [6.07, 6.45) is 3.71. The first kappa shape index (κ1) is 21.8. The van der Waals surface area contributed by atoms with Gasteiger partial charge in [-0.1, -0.05) is 48.9 Å². The number of piperidine rings is 1. The molecule has 0 aromatic heterocycles. The fraction of sp³-hybridized carbons (Fsp3) is 0.308. The number of hydrogen-bond donors (Lipinski definition) is 2. The van der Waals surface area contributed by atoms with Crippen LogP contribution in [0.25, 0.3) is 10.8 Å². The summed E-state index contributed by atoms with van der Waals surface area (Å²) in [6, 6.07) is 18.6. The van der Waals surface area contributed by atoms with Gasteiger partial charge in [0.15, 0.2) is 0 Å². The van der Waals surface area contributed by atoms with Gasteiger partial charge < -0.3 is 20.3 Å². The minimum Gasteiger partial charge on any atom is -0.496 e.